The van der Waals surface area contributed by atoms with Crippen LogP contribution in [-0.2, 0) is 12.8 Å². The topological polar surface area (TPSA) is 48.0 Å². The van der Waals surface area contributed by atoms with Gasteiger partial charge in [0.05, 0.1) is 20.3 Å². The average Bonchev–Trinajstić information content (AvgIpc) is 2.86. The lowest BCUT2D eigenvalue weighted by molar-refractivity contribution is 0.0589. The molecule has 0 aromatic heterocycles. The number of carbonyl (C=O) groups excluding carboxylic acids is 1. The van der Waals surface area contributed by atoms with Crippen molar-refractivity contribution in [3.05, 3.63) is 88.7 Å². The van der Waals surface area contributed by atoms with Crippen molar-refractivity contribution in [2.75, 3.05) is 27.4 Å². The van der Waals surface area contributed by atoms with Crippen LogP contribution >= 0.6 is 0 Å². The number of methoxy groups -OCH3 is 2. The number of rotatable bonds is 7. The first-order valence-electron chi connectivity index (χ1n) is 11.1. The zero-order valence-electron chi connectivity index (χ0n) is 19.1. The number of ether oxygens (including phenoxy) is 3. The number of aryl methyl sites for hydroxylation is 1. The van der Waals surface area contributed by atoms with Gasteiger partial charge < -0.3 is 19.1 Å². The number of benzene rings is 3. The number of carbonyl (C=O) groups is 1. The summed E-state index contributed by atoms with van der Waals surface area (Å²) in [7, 11) is 3.19. The second-order valence-corrected chi connectivity index (χ2v) is 7.99. The molecule has 172 valence electrons. The first-order chi connectivity index (χ1) is 16.0. The van der Waals surface area contributed by atoms with Gasteiger partial charge >= 0.3 is 0 Å². The number of halogens is 1. The van der Waals surface area contributed by atoms with Crippen LogP contribution in [-0.4, -0.2) is 38.2 Å². The lowest BCUT2D eigenvalue weighted by atomic mass is 9.91. The van der Waals surface area contributed by atoms with E-state index in [1.165, 1.54) is 17.7 Å². The van der Waals surface area contributed by atoms with Crippen molar-refractivity contribution >= 4 is 5.91 Å². The number of hydrogen-bond donors (Lipinski definition) is 0. The Morgan fingerprint density at radius 3 is 2.42 bits per heavy atom. The molecule has 1 aliphatic rings. The molecule has 0 bridgehead atoms. The predicted molar refractivity (Wildman–Crippen MR) is 125 cm³/mol. The van der Waals surface area contributed by atoms with E-state index >= 15 is 0 Å². The Labute approximate surface area is 193 Å². The van der Waals surface area contributed by atoms with E-state index in [2.05, 4.69) is 6.92 Å². The van der Waals surface area contributed by atoms with E-state index in [0.717, 1.165) is 23.3 Å². The molecule has 0 N–H and O–H groups in total. The fourth-order valence-electron chi connectivity index (χ4n) is 4.23. The molecule has 0 fully saturated rings. The molecule has 1 atom stereocenters. The third-order valence-electron chi connectivity index (χ3n) is 6.07. The van der Waals surface area contributed by atoms with Gasteiger partial charge in [0.15, 0.2) is 11.5 Å². The van der Waals surface area contributed by atoms with Crippen LogP contribution in [0.4, 0.5) is 4.39 Å². The lowest BCUT2D eigenvalue weighted by Gasteiger charge is -2.37. The van der Waals surface area contributed by atoms with E-state index in [4.69, 9.17) is 14.2 Å². The number of nitrogens with zero attached hydrogens (tertiary/aromatic N) is 1. The molecule has 1 aliphatic heterocycles. The molecule has 0 radical (unpaired) electrons. The second-order valence-electron chi connectivity index (χ2n) is 7.99. The summed E-state index contributed by atoms with van der Waals surface area (Å²) in [5.41, 5.74) is 3.56. The minimum absolute atomic E-state index is 0.232. The van der Waals surface area contributed by atoms with Crippen molar-refractivity contribution in [3.63, 3.8) is 0 Å². The Morgan fingerprint density at radius 1 is 1.03 bits per heavy atom. The first-order valence-corrected chi connectivity index (χ1v) is 11.1. The minimum atomic E-state index is -0.437. The third kappa shape index (κ3) is 4.80. The molecule has 0 aliphatic carbocycles. The number of hydrogen-bond acceptors (Lipinski definition) is 4. The zero-order chi connectivity index (χ0) is 23.4. The third-order valence-corrected chi connectivity index (χ3v) is 6.07. The summed E-state index contributed by atoms with van der Waals surface area (Å²) >= 11 is 0. The maximum atomic E-state index is 13.8. The van der Waals surface area contributed by atoms with Gasteiger partial charge in [-0.25, -0.2) is 4.39 Å². The van der Waals surface area contributed by atoms with Crippen LogP contribution in [0.5, 0.6) is 17.2 Å². The average molecular weight is 450 g/mol. The van der Waals surface area contributed by atoms with Gasteiger partial charge in [-0.1, -0.05) is 25.1 Å². The highest BCUT2D eigenvalue weighted by atomic mass is 19.1. The quantitative estimate of drug-likeness (QED) is 0.496. The molecular formula is C27H28FNO4. The van der Waals surface area contributed by atoms with Crippen LogP contribution in [0.1, 0.15) is 40.0 Å². The summed E-state index contributed by atoms with van der Waals surface area (Å²) in [5.74, 6) is 1.31. The molecule has 0 saturated carbocycles. The van der Waals surface area contributed by atoms with Crippen LogP contribution < -0.4 is 14.2 Å². The Balaban J connectivity index is 1.69. The molecule has 4 rings (SSSR count). The van der Waals surface area contributed by atoms with Gasteiger partial charge in [-0.2, -0.15) is 0 Å². The van der Waals surface area contributed by atoms with Crippen molar-refractivity contribution in [1.82, 2.24) is 4.90 Å². The Hall–Kier alpha value is -3.54. The van der Waals surface area contributed by atoms with E-state index in [0.29, 0.717) is 30.0 Å². The largest absolute Gasteiger partial charge is 0.493 e. The van der Waals surface area contributed by atoms with Gasteiger partial charge in [0.25, 0.3) is 5.91 Å². The van der Waals surface area contributed by atoms with Gasteiger partial charge in [-0.15, -0.1) is 0 Å². The van der Waals surface area contributed by atoms with Gasteiger partial charge in [0.1, 0.15) is 18.2 Å². The van der Waals surface area contributed by atoms with Crippen molar-refractivity contribution in [2.24, 2.45) is 0 Å². The van der Waals surface area contributed by atoms with Crippen molar-refractivity contribution in [2.45, 2.75) is 25.8 Å². The summed E-state index contributed by atoms with van der Waals surface area (Å²) in [4.78, 5) is 15.1. The molecular weight excluding hydrogens is 421 g/mol. The molecule has 5 nitrogen and oxygen atoms in total. The van der Waals surface area contributed by atoms with E-state index in [9.17, 15) is 9.18 Å². The van der Waals surface area contributed by atoms with Crippen LogP contribution in [0, 0.1) is 5.82 Å². The molecule has 3 aromatic carbocycles. The predicted octanol–water partition coefficient (Wildman–Crippen LogP) is 5.22. The monoisotopic (exact) mass is 449 g/mol. The molecule has 0 saturated heterocycles. The number of amides is 1. The maximum absolute atomic E-state index is 13.8. The smallest absolute Gasteiger partial charge is 0.254 e. The zero-order valence-corrected chi connectivity index (χ0v) is 19.1. The Morgan fingerprint density at radius 2 is 1.76 bits per heavy atom. The highest BCUT2D eigenvalue weighted by molar-refractivity contribution is 5.94. The fourth-order valence-corrected chi connectivity index (χ4v) is 4.23. The van der Waals surface area contributed by atoms with Crippen molar-refractivity contribution in [1.29, 1.82) is 0 Å². The van der Waals surface area contributed by atoms with Gasteiger partial charge in [0.2, 0.25) is 0 Å². The maximum Gasteiger partial charge on any atom is 0.254 e. The second kappa shape index (κ2) is 9.94. The standard InChI is InChI=1S/C27H28FNO4/c1-4-18-8-10-22(11-9-18)33-17-24-23-16-26(32-3)25(31-2)15-19(23)12-13-29(24)27(30)20-6-5-7-21(28)14-20/h5-11,14-16,24H,4,12-13,17H2,1-3H3. The summed E-state index contributed by atoms with van der Waals surface area (Å²) in [6.07, 6.45) is 1.60. The summed E-state index contributed by atoms with van der Waals surface area (Å²) in [5, 5.41) is 0. The molecule has 1 amide bonds. The van der Waals surface area contributed by atoms with Gasteiger partial charge in [0, 0.05) is 12.1 Å². The SMILES string of the molecule is CCc1ccc(OCC2c3cc(OC)c(OC)cc3CCN2C(=O)c2cccc(F)c2)cc1. The van der Waals surface area contributed by atoms with E-state index < -0.39 is 5.82 Å². The van der Waals surface area contributed by atoms with E-state index in [1.54, 1.807) is 31.3 Å². The first kappa shape index (κ1) is 22.6. The molecule has 1 heterocycles. The molecule has 3 aromatic rings. The molecule has 33 heavy (non-hydrogen) atoms. The summed E-state index contributed by atoms with van der Waals surface area (Å²) < 4.78 is 30.9. The Kier molecular flexibility index (Phi) is 6.82. The van der Waals surface area contributed by atoms with Crippen LogP contribution in [0.25, 0.3) is 0 Å². The molecule has 0 spiro atoms. The van der Waals surface area contributed by atoms with Crippen molar-refractivity contribution in [3.8, 4) is 17.2 Å². The van der Waals surface area contributed by atoms with Gasteiger partial charge in [-0.05, 0) is 72.0 Å². The van der Waals surface area contributed by atoms with Crippen molar-refractivity contribution < 1.29 is 23.4 Å². The molecule has 1 unspecified atom stereocenters. The van der Waals surface area contributed by atoms with Gasteiger partial charge in [-0.3, -0.25) is 4.79 Å². The molecule has 6 heteroatoms. The summed E-state index contributed by atoms with van der Waals surface area (Å²) in [6.45, 7) is 2.85. The van der Waals surface area contributed by atoms with Crippen LogP contribution in [0.3, 0.4) is 0 Å². The fraction of sp³-hybridized carbons (Fsp3) is 0.296. The highest BCUT2D eigenvalue weighted by Crippen LogP contribution is 2.39. The minimum Gasteiger partial charge on any atom is -0.493 e. The normalized spacial score (nSPS) is 15.0. The lowest BCUT2D eigenvalue weighted by Crippen LogP contribution is -2.42. The van der Waals surface area contributed by atoms with Crippen LogP contribution in [0.2, 0.25) is 0 Å². The van der Waals surface area contributed by atoms with E-state index in [1.807, 2.05) is 36.4 Å². The Bertz CT molecular complexity index is 1130. The number of fused-ring (bicyclic) bond motifs is 1. The summed E-state index contributed by atoms with van der Waals surface area (Å²) in [6, 6.07) is 17.2. The van der Waals surface area contributed by atoms with E-state index in [-0.39, 0.29) is 18.6 Å². The highest BCUT2D eigenvalue weighted by Gasteiger charge is 2.33. The van der Waals surface area contributed by atoms with Crippen LogP contribution in [0.15, 0.2) is 60.7 Å².